The normalized spacial score (nSPS) is 28.0. The number of rotatable bonds is 2. The molecular formula is C14H20O2. The summed E-state index contributed by atoms with van der Waals surface area (Å²) in [5.74, 6) is 1.34. The standard InChI is InChI=1S/C14H20O2/c1-14(2)12(8-9-13(14)15)10-4-6-11(16-3)7-5-10/h4-7,12-13,15H,8-9H2,1-3H3/t12-,13+/m1/s1. The third kappa shape index (κ3) is 1.82. The lowest BCUT2D eigenvalue weighted by atomic mass is 9.76. The molecule has 0 unspecified atom stereocenters. The average molecular weight is 220 g/mol. The zero-order valence-corrected chi connectivity index (χ0v) is 10.2. The molecule has 0 aromatic heterocycles. The molecule has 0 amide bonds. The molecule has 0 aliphatic heterocycles. The highest BCUT2D eigenvalue weighted by Gasteiger charge is 2.42. The molecule has 2 nitrogen and oxygen atoms in total. The summed E-state index contributed by atoms with van der Waals surface area (Å²) in [5.41, 5.74) is 1.29. The molecule has 1 aliphatic carbocycles. The molecule has 1 aromatic carbocycles. The third-order valence-electron chi connectivity index (χ3n) is 4.00. The van der Waals surface area contributed by atoms with E-state index in [-0.39, 0.29) is 11.5 Å². The molecule has 2 heteroatoms. The minimum absolute atomic E-state index is 0.0193. The number of hydrogen-bond acceptors (Lipinski definition) is 2. The first-order valence-corrected chi connectivity index (χ1v) is 5.87. The highest BCUT2D eigenvalue weighted by Crippen LogP contribution is 2.48. The van der Waals surface area contributed by atoms with Gasteiger partial charge in [0.25, 0.3) is 0 Å². The Morgan fingerprint density at radius 3 is 2.25 bits per heavy atom. The fraction of sp³-hybridized carbons (Fsp3) is 0.571. The van der Waals surface area contributed by atoms with Gasteiger partial charge in [0.05, 0.1) is 13.2 Å². The Hall–Kier alpha value is -1.02. The first kappa shape index (κ1) is 11.5. The Balaban J connectivity index is 2.24. The van der Waals surface area contributed by atoms with Crippen LogP contribution in [-0.4, -0.2) is 18.3 Å². The molecule has 0 bridgehead atoms. The number of aliphatic hydroxyl groups is 1. The molecule has 2 rings (SSSR count). The van der Waals surface area contributed by atoms with Crippen molar-refractivity contribution in [3.63, 3.8) is 0 Å². The molecule has 16 heavy (non-hydrogen) atoms. The maximum atomic E-state index is 9.96. The summed E-state index contributed by atoms with van der Waals surface area (Å²) >= 11 is 0. The molecular weight excluding hydrogens is 200 g/mol. The van der Waals surface area contributed by atoms with Crippen molar-refractivity contribution < 1.29 is 9.84 Å². The van der Waals surface area contributed by atoms with Crippen LogP contribution < -0.4 is 4.74 Å². The van der Waals surface area contributed by atoms with Crippen LogP contribution in [0, 0.1) is 5.41 Å². The van der Waals surface area contributed by atoms with E-state index < -0.39 is 0 Å². The van der Waals surface area contributed by atoms with E-state index in [1.54, 1.807) is 7.11 Å². The molecule has 0 spiro atoms. The SMILES string of the molecule is COc1ccc([C@H]2CC[C@H](O)C2(C)C)cc1. The predicted molar refractivity (Wildman–Crippen MR) is 64.8 cm³/mol. The van der Waals surface area contributed by atoms with E-state index in [1.807, 2.05) is 12.1 Å². The lowest BCUT2D eigenvalue weighted by Gasteiger charge is -2.30. The molecule has 1 aliphatic rings. The third-order valence-corrected chi connectivity index (χ3v) is 4.00. The number of methoxy groups -OCH3 is 1. The monoisotopic (exact) mass is 220 g/mol. The van der Waals surface area contributed by atoms with E-state index >= 15 is 0 Å². The van der Waals surface area contributed by atoms with E-state index in [4.69, 9.17) is 4.74 Å². The van der Waals surface area contributed by atoms with Crippen LogP contribution in [0.4, 0.5) is 0 Å². The number of benzene rings is 1. The second-order valence-electron chi connectivity index (χ2n) is 5.24. The van der Waals surface area contributed by atoms with Gasteiger partial charge in [-0.1, -0.05) is 26.0 Å². The Morgan fingerprint density at radius 1 is 1.19 bits per heavy atom. The van der Waals surface area contributed by atoms with Crippen LogP contribution in [0.2, 0.25) is 0 Å². The van der Waals surface area contributed by atoms with Gasteiger partial charge in [-0.15, -0.1) is 0 Å². The van der Waals surface area contributed by atoms with Gasteiger partial charge < -0.3 is 9.84 Å². The summed E-state index contributed by atoms with van der Waals surface area (Å²) in [7, 11) is 1.68. The summed E-state index contributed by atoms with van der Waals surface area (Å²) in [5, 5.41) is 9.96. The Bertz CT molecular complexity index is 354. The van der Waals surface area contributed by atoms with E-state index in [0.717, 1.165) is 18.6 Å². The first-order chi connectivity index (χ1) is 7.55. The van der Waals surface area contributed by atoms with E-state index in [9.17, 15) is 5.11 Å². The zero-order valence-electron chi connectivity index (χ0n) is 10.2. The van der Waals surface area contributed by atoms with Crippen LogP contribution in [0.15, 0.2) is 24.3 Å². The average Bonchev–Trinajstić information content (AvgIpc) is 2.54. The van der Waals surface area contributed by atoms with Crippen molar-refractivity contribution >= 4 is 0 Å². The molecule has 2 atom stereocenters. The van der Waals surface area contributed by atoms with E-state index in [2.05, 4.69) is 26.0 Å². The topological polar surface area (TPSA) is 29.5 Å². The summed E-state index contributed by atoms with van der Waals surface area (Å²) in [4.78, 5) is 0. The van der Waals surface area contributed by atoms with Gasteiger partial charge in [-0.05, 0) is 41.9 Å². The van der Waals surface area contributed by atoms with Gasteiger partial charge in [-0.2, -0.15) is 0 Å². The molecule has 1 fully saturated rings. The summed E-state index contributed by atoms with van der Waals surface area (Å²) < 4.78 is 5.16. The highest BCUT2D eigenvalue weighted by atomic mass is 16.5. The van der Waals surface area contributed by atoms with Crippen LogP contribution in [0.5, 0.6) is 5.75 Å². The summed E-state index contributed by atoms with van der Waals surface area (Å²) in [6.45, 7) is 4.30. The maximum Gasteiger partial charge on any atom is 0.118 e. The van der Waals surface area contributed by atoms with Crippen molar-refractivity contribution in [3.8, 4) is 5.75 Å². The number of ether oxygens (including phenoxy) is 1. The van der Waals surface area contributed by atoms with Gasteiger partial charge in [0.2, 0.25) is 0 Å². The van der Waals surface area contributed by atoms with Crippen molar-refractivity contribution in [2.24, 2.45) is 5.41 Å². The van der Waals surface area contributed by atoms with Gasteiger partial charge >= 0.3 is 0 Å². The van der Waals surface area contributed by atoms with Gasteiger partial charge in [0.1, 0.15) is 5.75 Å². The minimum Gasteiger partial charge on any atom is -0.497 e. The lowest BCUT2D eigenvalue weighted by molar-refractivity contribution is 0.0706. The summed E-state index contributed by atoms with van der Waals surface area (Å²) in [6, 6.07) is 8.22. The van der Waals surface area contributed by atoms with Gasteiger partial charge in [0.15, 0.2) is 0 Å². The molecule has 1 aromatic rings. The van der Waals surface area contributed by atoms with Crippen molar-refractivity contribution in [1.82, 2.24) is 0 Å². The number of aliphatic hydroxyl groups excluding tert-OH is 1. The van der Waals surface area contributed by atoms with Crippen LogP contribution in [0.25, 0.3) is 0 Å². The quantitative estimate of drug-likeness (QED) is 0.830. The van der Waals surface area contributed by atoms with E-state index in [0.29, 0.717) is 5.92 Å². The van der Waals surface area contributed by atoms with Crippen molar-refractivity contribution in [2.75, 3.05) is 7.11 Å². The second kappa shape index (κ2) is 4.10. The minimum atomic E-state index is -0.181. The fourth-order valence-electron chi connectivity index (χ4n) is 2.73. The lowest BCUT2D eigenvalue weighted by Crippen LogP contribution is -2.27. The van der Waals surface area contributed by atoms with Crippen LogP contribution in [0.1, 0.15) is 38.2 Å². The van der Waals surface area contributed by atoms with Crippen LogP contribution in [-0.2, 0) is 0 Å². The molecule has 0 saturated heterocycles. The van der Waals surface area contributed by atoms with Gasteiger partial charge in [-0.25, -0.2) is 0 Å². The van der Waals surface area contributed by atoms with Crippen LogP contribution >= 0.6 is 0 Å². The van der Waals surface area contributed by atoms with Crippen LogP contribution in [0.3, 0.4) is 0 Å². The Labute approximate surface area is 97.3 Å². The van der Waals surface area contributed by atoms with Gasteiger partial charge in [0, 0.05) is 0 Å². The second-order valence-corrected chi connectivity index (χ2v) is 5.24. The van der Waals surface area contributed by atoms with E-state index in [1.165, 1.54) is 5.56 Å². The molecule has 88 valence electrons. The maximum absolute atomic E-state index is 9.96. The predicted octanol–water partition coefficient (Wildman–Crippen LogP) is 2.96. The fourth-order valence-corrected chi connectivity index (χ4v) is 2.73. The van der Waals surface area contributed by atoms with Crippen molar-refractivity contribution in [1.29, 1.82) is 0 Å². The van der Waals surface area contributed by atoms with Crippen molar-refractivity contribution in [2.45, 2.75) is 38.7 Å². The highest BCUT2D eigenvalue weighted by molar-refractivity contribution is 5.31. The number of hydrogen-bond donors (Lipinski definition) is 1. The molecule has 1 saturated carbocycles. The first-order valence-electron chi connectivity index (χ1n) is 5.87. The van der Waals surface area contributed by atoms with Gasteiger partial charge in [-0.3, -0.25) is 0 Å². The molecule has 0 radical (unpaired) electrons. The largest absolute Gasteiger partial charge is 0.497 e. The summed E-state index contributed by atoms with van der Waals surface area (Å²) in [6.07, 6.45) is 1.80. The molecule has 1 N–H and O–H groups in total. The smallest absolute Gasteiger partial charge is 0.118 e. The Morgan fingerprint density at radius 2 is 1.81 bits per heavy atom. The Kier molecular flexibility index (Phi) is 2.94. The zero-order chi connectivity index (χ0) is 11.8. The molecule has 0 heterocycles. The van der Waals surface area contributed by atoms with Crippen molar-refractivity contribution in [3.05, 3.63) is 29.8 Å².